The van der Waals surface area contributed by atoms with Crippen LogP contribution in [0.15, 0.2) is 30.3 Å². The van der Waals surface area contributed by atoms with E-state index in [9.17, 15) is 9.18 Å². The van der Waals surface area contributed by atoms with Gasteiger partial charge in [0.05, 0.1) is 23.4 Å². The first-order chi connectivity index (χ1) is 11.5. The average Bonchev–Trinajstić information content (AvgIpc) is 2.54. The summed E-state index contributed by atoms with van der Waals surface area (Å²) in [6.07, 6.45) is 0. The Balaban J connectivity index is 2.14. The molecule has 3 aromatic rings. The fourth-order valence-corrected chi connectivity index (χ4v) is 2.28. The van der Waals surface area contributed by atoms with Crippen LogP contribution in [0.3, 0.4) is 0 Å². The number of primary amides is 1. The molecular formula is C16H14FN5O2. The van der Waals surface area contributed by atoms with Gasteiger partial charge in [-0.05, 0) is 31.2 Å². The number of ether oxygens (including phenoxy) is 1. The summed E-state index contributed by atoms with van der Waals surface area (Å²) in [5.74, 6) is -1.19. The number of amides is 1. The lowest BCUT2D eigenvalue weighted by Crippen LogP contribution is -2.12. The number of aromatic nitrogens is 3. The van der Waals surface area contributed by atoms with Gasteiger partial charge in [-0.1, -0.05) is 6.07 Å². The van der Waals surface area contributed by atoms with Crippen LogP contribution in [0.4, 0.5) is 10.3 Å². The number of halogens is 1. The zero-order valence-electron chi connectivity index (χ0n) is 12.8. The van der Waals surface area contributed by atoms with E-state index in [1.807, 2.05) is 6.92 Å². The zero-order valence-corrected chi connectivity index (χ0v) is 12.8. The van der Waals surface area contributed by atoms with Crippen LogP contribution in [0.5, 0.6) is 5.88 Å². The third-order valence-corrected chi connectivity index (χ3v) is 3.34. The number of nitrogens with two attached hydrogens (primary N) is 2. The Morgan fingerprint density at radius 2 is 2.00 bits per heavy atom. The Kier molecular flexibility index (Phi) is 3.95. The fourth-order valence-electron chi connectivity index (χ4n) is 2.28. The number of hydrogen-bond acceptors (Lipinski definition) is 6. The van der Waals surface area contributed by atoms with Crippen molar-refractivity contribution in [3.8, 4) is 17.1 Å². The monoisotopic (exact) mass is 327 g/mol. The molecule has 0 bridgehead atoms. The highest BCUT2D eigenvalue weighted by molar-refractivity contribution is 5.93. The maximum absolute atomic E-state index is 14.0. The van der Waals surface area contributed by atoms with Crippen molar-refractivity contribution in [2.45, 2.75) is 6.92 Å². The van der Waals surface area contributed by atoms with Gasteiger partial charge in [0.15, 0.2) is 5.52 Å². The van der Waals surface area contributed by atoms with E-state index in [1.54, 1.807) is 18.2 Å². The van der Waals surface area contributed by atoms with Crippen molar-refractivity contribution in [1.29, 1.82) is 0 Å². The van der Waals surface area contributed by atoms with Gasteiger partial charge >= 0.3 is 0 Å². The topological polar surface area (TPSA) is 117 Å². The molecule has 0 atom stereocenters. The van der Waals surface area contributed by atoms with E-state index < -0.39 is 11.7 Å². The Morgan fingerprint density at radius 1 is 1.21 bits per heavy atom. The zero-order chi connectivity index (χ0) is 17.3. The molecule has 122 valence electrons. The van der Waals surface area contributed by atoms with Gasteiger partial charge in [-0.15, -0.1) is 0 Å². The quantitative estimate of drug-likeness (QED) is 0.756. The smallest absolute Gasteiger partial charge is 0.251 e. The standard InChI is InChI=1S/C16H14FN5O2/c1-2-24-15-13-12(21-16(19)22-15)6-5-11(20-13)8-3-4-9(14(18)23)10(17)7-8/h3-7H,2H2,1H3,(H2,18,23)(H2,19,21,22). The SMILES string of the molecule is CCOc1nc(N)nc2ccc(-c3ccc(C(N)=O)c(F)c3)nc12. The van der Waals surface area contributed by atoms with Crippen molar-refractivity contribution in [1.82, 2.24) is 15.0 Å². The summed E-state index contributed by atoms with van der Waals surface area (Å²) in [7, 11) is 0. The largest absolute Gasteiger partial charge is 0.476 e. The molecule has 0 aliphatic carbocycles. The molecule has 0 saturated heterocycles. The summed E-state index contributed by atoms with van der Waals surface area (Å²) in [6.45, 7) is 2.20. The van der Waals surface area contributed by atoms with Gasteiger partial charge in [-0.25, -0.2) is 14.4 Å². The Morgan fingerprint density at radius 3 is 2.67 bits per heavy atom. The lowest BCUT2D eigenvalue weighted by molar-refractivity contribution is 0.0996. The molecule has 0 spiro atoms. The Labute approximate surface area is 136 Å². The minimum absolute atomic E-state index is 0.0809. The number of benzene rings is 1. The highest BCUT2D eigenvalue weighted by atomic mass is 19.1. The number of anilines is 1. The molecule has 0 saturated carbocycles. The normalized spacial score (nSPS) is 10.8. The fraction of sp³-hybridized carbons (Fsp3) is 0.125. The molecule has 7 nitrogen and oxygen atoms in total. The van der Waals surface area contributed by atoms with Crippen LogP contribution in [0.2, 0.25) is 0 Å². The number of pyridine rings is 1. The summed E-state index contributed by atoms with van der Waals surface area (Å²) in [5.41, 5.74) is 12.5. The van der Waals surface area contributed by atoms with Crippen molar-refractivity contribution < 1.29 is 13.9 Å². The number of carbonyl (C=O) groups excluding carboxylic acids is 1. The second-order valence-corrected chi connectivity index (χ2v) is 4.94. The molecule has 4 N–H and O–H groups in total. The van der Waals surface area contributed by atoms with E-state index in [4.69, 9.17) is 16.2 Å². The van der Waals surface area contributed by atoms with Crippen LogP contribution in [0.25, 0.3) is 22.3 Å². The van der Waals surface area contributed by atoms with E-state index in [2.05, 4.69) is 15.0 Å². The summed E-state index contributed by atoms with van der Waals surface area (Å²) in [4.78, 5) is 23.7. The molecule has 2 aromatic heterocycles. The first-order valence-corrected chi connectivity index (χ1v) is 7.16. The number of rotatable bonds is 4. The van der Waals surface area contributed by atoms with Crippen molar-refractivity contribution in [2.24, 2.45) is 5.73 Å². The van der Waals surface area contributed by atoms with Crippen molar-refractivity contribution in [3.05, 3.63) is 41.7 Å². The Hall–Kier alpha value is -3.29. The lowest BCUT2D eigenvalue weighted by Gasteiger charge is -2.08. The van der Waals surface area contributed by atoms with Crippen LogP contribution in [-0.4, -0.2) is 27.5 Å². The second-order valence-electron chi connectivity index (χ2n) is 4.94. The van der Waals surface area contributed by atoms with Crippen molar-refractivity contribution in [2.75, 3.05) is 12.3 Å². The van der Waals surface area contributed by atoms with Gasteiger partial charge in [0.25, 0.3) is 5.91 Å². The molecule has 2 heterocycles. The summed E-state index contributed by atoms with van der Waals surface area (Å²) in [5, 5.41) is 0. The molecule has 3 rings (SSSR count). The third-order valence-electron chi connectivity index (χ3n) is 3.34. The van der Waals surface area contributed by atoms with Gasteiger partial charge in [-0.3, -0.25) is 4.79 Å². The molecule has 0 aliphatic heterocycles. The Bertz CT molecular complexity index is 945. The van der Waals surface area contributed by atoms with Gasteiger partial charge in [0.2, 0.25) is 11.8 Å². The molecular weight excluding hydrogens is 313 g/mol. The van der Waals surface area contributed by atoms with Crippen molar-refractivity contribution in [3.63, 3.8) is 0 Å². The summed E-state index contributed by atoms with van der Waals surface area (Å²) >= 11 is 0. The van der Waals surface area contributed by atoms with E-state index in [1.165, 1.54) is 12.1 Å². The number of nitrogens with zero attached hydrogens (tertiary/aromatic N) is 3. The van der Waals surface area contributed by atoms with Crippen LogP contribution in [0, 0.1) is 5.82 Å². The molecule has 1 aromatic carbocycles. The van der Waals surface area contributed by atoms with Crippen LogP contribution in [0.1, 0.15) is 17.3 Å². The van der Waals surface area contributed by atoms with Crippen LogP contribution >= 0.6 is 0 Å². The molecule has 0 aliphatic rings. The summed E-state index contributed by atoms with van der Waals surface area (Å²) in [6, 6.07) is 7.45. The van der Waals surface area contributed by atoms with Crippen LogP contribution < -0.4 is 16.2 Å². The van der Waals surface area contributed by atoms with E-state index >= 15 is 0 Å². The molecule has 8 heteroatoms. The third kappa shape index (κ3) is 2.81. The van der Waals surface area contributed by atoms with E-state index in [0.29, 0.717) is 28.9 Å². The predicted molar refractivity (Wildman–Crippen MR) is 86.8 cm³/mol. The molecule has 0 radical (unpaired) electrons. The maximum Gasteiger partial charge on any atom is 0.251 e. The number of hydrogen-bond donors (Lipinski definition) is 2. The lowest BCUT2D eigenvalue weighted by atomic mass is 10.1. The second kappa shape index (κ2) is 6.07. The maximum atomic E-state index is 14.0. The van der Waals surface area contributed by atoms with Gasteiger partial charge in [0.1, 0.15) is 5.82 Å². The minimum atomic E-state index is -0.826. The highest BCUT2D eigenvalue weighted by Gasteiger charge is 2.13. The number of nitrogen functional groups attached to an aromatic ring is 1. The first-order valence-electron chi connectivity index (χ1n) is 7.16. The predicted octanol–water partition coefficient (Wildman–Crippen LogP) is 1.91. The van der Waals surface area contributed by atoms with E-state index in [0.717, 1.165) is 0 Å². The minimum Gasteiger partial charge on any atom is -0.476 e. The van der Waals surface area contributed by atoms with Crippen LogP contribution in [-0.2, 0) is 0 Å². The first kappa shape index (κ1) is 15.6. The molecule has 24 heavy (non-hydrogen) atoms. The van der Waals surface area contributed by atoms with Crippen molar-refractivity contribution >= 4 is 22.9 Å². The number of carbonyl (C=O) groups is 1. The molecule has 0 unspecified atom stereocenters. The van der Waals surface area contributed by atoms with Gasteiger partial charge < -0.3 is 16.2 Å². The summed E-state index contributed by atoms with van der Waals surface area (Å²) < 4.78 is 19.4. The van der Waals surface area contributed by atoms with Gasteiger partial charge in [-0.2, -0.15) is 4.98 Å². The average molecular weight is 327 g/mol. The van der Waals surface area contributed by atoms with Gasteiger partial charge in [0, 0.05) is 5.56 Å². The number of fused-ring (bicyclic) bond motifs is 1. The molecule has 0 fully saturated rings. The highest BCUT2D eigenvalue weighted by Crippen LogP contribution is 2.26. The van der Waals surface area contributed by atoms with E-state index in [-0.39, 0.29) is 17.4 Å². The molecule has 1 amide bonds.